The van der Waals surface area contributed by atoms with Gasteiger partial charge in [-0.2, -0.15) is 0 Å². The lowest BCUT2D eigenvalue weighted by Crippen LogP contribution is -2.11. The van der Waals surface area contributed by atoms with Gasteiger partial charge in [-0.3, -0.25) is 4.79 Å². The van der Waals surface area contributed by atoms with Gasteiger partial charge in [-0.1, -0.05) is 51.3 Å². The van der Waals surface area contributed by atoms with Crippen LogP contribution >= 0.6 is 39.1 Å². The predicted molar refractivity (Wildman–Crippen MR) is 80.4 cm³/mol. The van der Waals surface area contributed by atoms with Crippen molar-refractivity contribution >= 4 is 44.9 Å². The maximum Gasteiger partial charge on any atom is 0.200 e. The molecule has 0 amide bonds. The summed E-state index contributed by atoms with van der Waals surface area (Å²) in [5.41, 5.74) is 0.513. The molecule has 0 saturated heterocycles. The number of carbonyl (C=O) groups is 1. The zero-order valence-electron chi connectivity index (χ0n) is 9.70. The quantitative estimate of drug-likeness (QED) is 0.716. The highest BCUT2D eigenvalue weighted by Gasteiger charge is 2.09. The molecule has 0 radical (unpaired) electrons. The highest BCUT2D eigenvalue weighted by Crippen LogP contribution is 2.28. The fraction of sp³-hybridized carbons (Fsp3) is 0.0714. The van der Waals surface area contributed by atoms with Gasteiger partial charge in [-0.05, 0) is 30.3 Å². The van der Waals surface area contributed by atoms with E-state index in [-0.39, 0.29) is 12.4 Å². The van der Waals surface area contributed by atoms with Crippen molar-refractivity contribution in [2.75, 3.05) is 6.61 Å². The molecule has 2 nitrogen and oxygen atoms in total. The molecular weight excluding hydrogens is 351 g/mol. The summed E-state index contributed by atoms with van der Waals surface area (Å²) in [7, 11) is 0. The Morgan fingerprint density at radius 1 is 1.16 bits per heavy atom. The van der Waals surface area contributed by atoms with E-state index in [1.54, 1.807) is 42.5 Å². The molecule has 0 fully saturated rings. The summed E-state index contributed by atoms with van der Waals surface area (Å²) in [6, 6.07) is 12.0. The number of ether oxygens (including phenoxy) is 1. The van der Waals surface area contributed by atoms with Gasteiger partial charge in [-0.15, -0.1) is 0 Å². The zero-order valence-corrected chi connectivity index (χ0v) is 12.8. The van der Waals surface area contributed by atoms with Crippen molar-refractivity contribution in [2.24, 2.45) is 0 Å². The first-order valence-corrected chi connectivity index (χ1v) is 6.98. The van der Waals surface area contributed by atoms with Crippen LogP contribution < -0.4 is 4.74 Å². The molecule has 0 unspecified atom stereocenters. The first-order valence-electron chi connectivity index (χ1n) is 5.43. The molecule has 2 aromatic rings. The number of halogens is 3. The van der Waals surface area contributed by atoms with E-state index < -0.39 is 0 Å². The van der Waals surface area contributed by atoms with Gasteiger partial charge < -0.3 is 4.74 Å². The van der Waals surface area contributed by atoms with Crippen LogP contribution in [0.3, 0.4) is 0 Å². The summed E-state index contributed by atoms with van der Waals surface area (Å²) in [5.74, 6) is 0.310. The van der Waals surface area contributed by atoms with Crippen LogP contribution in [0.1, 0.15) is 10.4 Å². The van der Waals surface area contributed by atoms with Crippen LogP contribution in [0.5, 0.6) is 5.75 Å². The molecule has 98 valence electrons. The fourth-order valence-electron chi connectivity index (χ4n) is 1.48. The predicted octanol–water partition coefficient (Wildman–Crippen LogP) is 5.02. The van der Waals surface area contributed by atoms with E-state index in [1.165, 1.54) is 0 Å². The smallest absolute Gasteiger partial charge is 0.200 e. The highest BCUT2D eigenvalue weighted by molar-refractivity contribution is 9.10. The SMILES string of the molecule is O=C(COc1cc(Br)ccc1Cl)c1cccc(Cl)c1. The number of hydrogen-bond acceptors (Lipinski definition) is 2. The van der Waals surface area contributed by atoms with Crippen molar-refractivity contribution in [3.05, 3.63) is 62.5 Å². The van der Waals surface area contributed by atoms with Crippen molar-refractivity contribution in [1.82, 2.24) is 0 Å². The van der Waals surface area contributed by atoms with E-state index in [4.69, 9.17) is 27.9 Å². The van der Waals surface area contributed by atoms with Crippen LogP contribution in [0.25, 0.3) is 0 Å². The average molecular weight is 360 g/mol. The molecule has 0 atom stereocenters. The molecule has 0 saturated carbocycles. The van der Waals surface area contributed by atoms with Crippen LogP contribution in [0.2, 0.25) is 10.0 Å². The second-order valence-corrected chi connectivity index (χ2v) is 5.56. The van der Waals surface area contributed by atoms with E-state index in [0.717, 1.165) is 4.47 Å². The highest BCUT2D eigenvalue weighted by atomic mass is 79.9. The van der Waals surface area contributed by atoms with Crippen molar-refractivity contribution in [3.63, 3.8) is 0 Å². The van der Waals surface area contributed by atoms with E-state index in [0.29, 0.717) is 21.4 Å². The lowest BCUT2D eigenvalue weighted by Gasteiger charge is -2.08. The van der Waals surface area contributed by atoms with Crippen molar-refractivity contribution in [3.8, 4) is 5.75 Å². The van der Waals surface area contributed by atoms with Crippen LogP contribution in [-0.2, 0) is 0 Å². The van der Waals surface area contributed by atoms with Crippen LogP contribution in [-0.4, -0.2) is 12.4 Å². The number of benzene rings is 2. The van der Waals surface area contributed by atoms with E-state index in [9.17, 15) is 4.79 Å². The average Bonchev–Trinajstić information content (AvgIpc) is 2.39. The van der Waals surface area contributed by atoms with Crippen molar-refractivity contribution in [1.29, 1.82) is 0 Å². The Bertz CT molecular complexity index is 614. The minimum absolute atomic E-state index is 0.0868. The van der Waals surface area contributed by atoms with E-state index in [2.05, 4.69) is 15.9 Å². The van der Waals surface area contributed by atoms with Crippen molar-refractivity contribution < 1.29 is 9.53 Å². The summed E-state index contributed by atoms with van der Waals surface area (Å²) in [6.07, 6.45) is 0. The topological polar surface area (TPSA) is 26.3 Å². The molecule has 0 aliphatic heterocycles. The van der Waals surface area contributed by atoms with Gasteiger partial charge in [0.15, 0.2) is 12.4 Å². The van der Waals surface area contributed by atoms with Gasteiger partial charge in [-0.25, -0.2) is 0 Å². The molecular formula is C14H9BrCl2O2. The van der Waals surface area contributed by atoms with E-state index in [1.807, 2.05) is 0 Å². The van der Waals surface area contributed by atoms with E-state index >= 15 is 0 Å². The third-order valence-electron chi connectivity index (χ3n) is 2.40. The Morgan fingerprint density at radius 3 is 2.68 bits per heavy atom. The minimum atomic E-state index is -0.154. The Hall–Kier alpha value is -1.03. The lowest BCUT2D eigenvalue weighted by molar-refractivity contribution is 0.0921. The summed E-state index contributed by atoms with van der Waals surface area (Å²) < 4.78 is 6.25. The summed E-state index contributed by atoms with van der Waals surface area (Å²) in [6.45, 7) is -0.0868. The Balaban J connectivity index is 2.06. The Kier molecular flexibility index (Phi) is 4.86. The third-order valence-corrected chi connectivity index (χ3v) is 3.44. The molecule has 19 heavy (non-hydrogen) atoms. The number of ketones is 1. The fourth-order valence-corrected chi connectivity index (χ4v) is 2.18. The second-order valence-electron chi connectivity index (χ2n) is 3.80. The van der Waals surface area contributed by atoms with Gasteiger partial charge in [0.2, 0.25) is 0 Å². The monoisotopic (exact) mass is 358 g/mol. The van der Waals surface area contributed by atoms with Gasteiger partial charge in [0.25, 0.3) is 0 Å². The lowest BCUT2D eigenvalue weighted by atomic mass is 10.1. The maximum absolute atomic E-state index is 11.9. The summed E-state index contributed by atoms with van der Waals surface area (Å²) in [4.78, 5) is 11.9. The van der Waals surface area contributed by atoms with Gasteiger partial charge >= 0.3 is 0 Å². The molecule has 2 rings (SSSR count). The molecule has 0 aliphatic carbocycles. The second kappa shape index (κ2) is 6.42. The third kappa shape index (κ3) is 3.96. The first kappa shape index (κ1) is 14.4. The normalized spacial score (nSPS) is 10.3. The van der Waals surface area contributed by atoms with Crippen LogP contribution in [0, 0.1) is 0 Å². The van der Waals surface area contributed by atoms with Crippen molar-refractivity contribution in [2.45, 2.75) is 0 Å². The molecule has 0 aliphatic rings. The first-order chi connectivity index (χ1) is 9.06. The summed E-state index contributed by atoms with van der Waals surface area (Å²) in [5, 5.41) is 0.980. The summed E-state index contributed by atoms with van der Waals surface area (Å²) >= 11 is 15.1. The molecule has 0 heterocycles. The van der Waals surface area contributed by atoms with Crippen LogP contribution in [0.15, 0.2) is 46.9 Å². The number of rotatable bonds is 4. The van der Waals surface area contributed by atoms with Gasteiger partial charge in [0, 0.05) is 15.1 Å². The molecule has 5 heteroatoms. The molecule has 0 bridgehead atoms. The molecule has 0 N–H and O–H groups in total. The molecule has 0 aromatic heterocycles. The van der Waals surface area contributed by atoms with Gasteiger partial charge in [0.1, 0.15) is 5.75 Å². The largest absolute Gasteiger partial charge is 0.484 e. The standard InChI is InChI=1S/C14H9BrCl2O2/c15-10-4-5-12(17)14(7-10)19-8-13(18)9-2-1-3-11(16)6-9/h1-7H,8H2. The Labute approximate surface area is 129 Å². The minimum Gasteiger partial charge on any atom is -0.484 e. The molecule has 0 spiro atoms. The van der Waals surface area contributed by atoms with Crippen LogP contribution in [0.4, 0.5) is 0 Å². The Morgan fingerprint density at radius 2 is 1.95 bits per heavy atom. The van der Waals surface area contributed by atoms with Gasteiger partial charge in [0.05, 0.1) is 5.02 Å². The molecule has 2 aromatic carbocycles. The zero-order chi connectivity index (χ0) is 13.8. The number of Topliss-reactive ketones (excluding diaryl/α,β-unsaturated/α-hetero) is 1. The number of hydrogen-bond donors (Lipinski definition) is 0. The maximum atomic E-state index is 11.9. The number of carbonyl (C=O) groups excluding carboxylic acids is 1.